The normalized spacial score (nSPS) is 13.1. The molecule has 3 aromatic heterocycles. The summed E-state index contributed by atoms with van der Waals surface area (Å²) in [5.74, 6) is 0.0148. The molecule has 3 N–H and O–H groups in total. The third kappa shape index (κ3) is 6.26. The minimum absolute atomic E-state index is 0.183. The molecule has 4 heterocycles. The van der Waals surface area contributed by atoms with Crippen LogP contribution < -0.4 is 20.9 Å². The van der Waals surface area contributed by atoms with Crippen molar-refractivity contribution >= 4 is 45.9 Å². The number of rotatable bonds is 6. The molecule has 1 saturated heterocycles. The number of aryl methyl sites for hydroxylation is 1. The van der Waals surface area contributed by atoms with E-state index in [9.17, 15) is 9.59 Å². The quantitative estimate of drug-likeness (QED) is 0.263. The van der Waals surface area contributed by atoms with Gasteiger partial charge in [0.1, 0.15) is 11.3 Å². The Bertz CT molecular complexity index is 1820. The zero-order valence-corrected chi connectivity index (χ0v) is 23.5. The molecule has 0 radical (unpaired) electrons. The van der Waals surface area contributed by atoms with Gasteiger partial charge < -0.3 is 25.6 Å². The van der Waals surface area contributed by atoms with Crippen LogP contribution >= 0.6 is 0 Å². The van der Waals surface area contributed by atoms with Crippen LogP contribution in [-0.2, 0) is 16.6 Å². The standard InChI is InChI=1S/C30H28FN9O3/c1-18(41)34-21-3-5-22(6-4-21)35-30(42)36-23-7-8-24(25(31)14-23)28-37-26-13-19(20-16-33-39(2)17-20)15-32-27(26)29(38-28)40-9-11-43-12-10-40/h3-8,13-17H,9-12H2,1-2H3,(H,34,41)(H2,35,36,42). The number of hydrogen-bond donors (Lipinski definition) is 3. The van der Waals surface area contributed by atoms with E-state index in [1.807, 2.05) is 19.3 Å². The fourth-order valence-corrected chi connectivity index (χ4v) is 4.76. The lowest BCUT2D eigenvalue weighted by Gasteiger charge is -2.28. The highest BCUT2D eigenvalue weighted by Crippen LogP contribution is 2.31. The second-order valence-corrected chi connectivity index (χ2v) is 10.00. The average molecular weight is 582 g/mol. The van der Waals surface area contributed by atoms with E-state index in [1.165, 1.54) is 19.1 Å². The number of morpholine rings is 1. The molecular formula is C30H28FN9O3. The van der Waals surface area contributed by atoms with Crippen LogP contribution in [0.5, 0.6) is 0 Å². The lowest BCUT2D eigenvalue weighted by molar-refractivity contribution is -0.114. The van der Waals surface area contributed by atoms with E-state index in [1.54, 1.807) is 47.4 Å². The van der Waals surface area contributed by atoms with Gasteiger partial charge in [-0.2, -0.15) is 5.10 Å². The number of aromatic nitrogens is 5. The van der Waals surface area contributed by atoms with Crippen molar-refractivity contribution in [3.8, 4) is 22.5 Å². The third-order valence-corrected chi connectivity index (χ3v) is 6.80. The minimum atomic E-state index is -0.596. The summed E-state index contributed by atoms with van der Waals surface area (Å²) in [6.07, 6.45) is 5.39. The second kappa shape index (κ2) is 11.8. The number of halogens is 1. The Labute approximate surface area is 245 Å². The maximum atomic E-state index is 15.5. The zero-order valence-electron chi connectivity index (χ0n) is 23.5. The molecule has 43 heavy (non-hydrogen) atoms. The molecule has 1 aliphatic heterocycles. The molecule has 0 saturated carbocycles. The zero-order chi connectivity index (χ0) is 29.9. The molecule has 13 heteroatoms. The number of pyridine rings is 1. The number of benzene rings is 2. The molecule has 0 aliphatic carbocycles. The molecule has 5 aromatic rings. The summed E-state index contributed by atoms with van der Waals surface area (Å²) in [5.41, 5.74) is 4.43. The molecule has 2 aromatic carbocycles. The van der Waals surface area contributed by atoms with Gasteiger partial charge in [-0.15, -0.1) is 0 Å². The first-order chi connectivity index (χ1) is 20.8. The van der Waals surface area contributed by atoms with Crippen LogP contribution in [0, 0.1) is 5.82 Å². The fourth-order valence-electron chi connectivity index (χ4n) is 4.76. The molecule has 1 aliphatic rings. The molecule has 6 rings (SSSR count). The van der Waals surface area contributed by atoms with Gasteiger partial charge in [0.15, 0.2) is 11.6 Å². The van der Waals surface area contributed by atoms with Crippen LogP contribution in [0.3, 0.4) is 0 Å². The number of urea groups is 1. The Hall–Kier alpha value is -5.43. The second-order valence-electron chi connectivity index (χ2n) is 10.00. The van der Waals surface area contributed by atoms with Crippen molar-refractivity contribution in [2.75, 3.05) is 47.2 Å². The highest BCUT2D eigenvalue weighted by atomic mass is 19.1. The molecular weight excluding hydrogens is 553 g/mol. The van der Waals surface area contributed by atoms with Crippen LogP contribution in [0.2, 0.25) is 0 Å². The summed E-state index contributed by atoms with van der Waals surface area (Å²) < 4.78 is 22.8. The number of carbonyl (C=O) groups excluding carboxylic acids is 2. The van der Waals surface area contributed by atoms with Gasteiger partial charge in [-0.1, -0.05) is 0 Å². The molecule has 0 unspecified atom stereocenters. The van der Waals surface area contributed by atoms with Crippen LogP contribution in [0.4, 0.5) is 32.1 Å². The van der Waals surface area contributed by atoms with Crippen molar-refractivity contribution in [1.82, 2.24) is 24.7 Å². The lowest BCUT2D eigenvalue weighted by atomic mass is 10.1. The number of amides is 3. The Morgan fingerprint density at radius 1 is 0.884 bits per heavy atom. The molecule has 12 nitrogen and oxygen atoms in total. The fraction of sp³-hybridized carbons (Fsp3) is 0.200. The monoisotopic (exact) mass is 581 g/mol. The molecule has 218 valence electrons. The van der Waals surface area contributed by atoms with Crippen molar-refractivity contribution in [2.24, 2.45) is 7.05 Å². The predicted octanol–water partition coefficient (Wildman–Crippen LogP) is 4.67. The Kier molecular flexibility index (Phi) is 7.62. The summed E-state index contributed by atoms with van der Waals surface area (Å²) in [7, 11) is 1.84. The molecule has 0 bridgehead atoms. The van der Waals surface area contributed by atoms with Gasteiger partial charge in [0.2, 0.25) is 5.91 Å². The first kappa shape index (κ1) is 27.7. The van der Waals surface area contributed by atoms with Crippen LogP contribution in [0.25, 0.3) is 33.5 Å². The number of anilines is 4. The first-order valence-corrected chi connectivity index (χ1v) is 13.6. The number of carbonyl (C=O) groups is 2. The SMILES string of the molecule is CC(=O)Nc1ccc(NC(=O)Nc2ccc(-c3nc(N4CCOCC4)c4ncc(-c5cnn(C)c5)cc4n3)c(F)c2)cc1. The Morgan fingerprint density at radius 3 is 2.26 bits per heavy atom. The average Bonchev–Trinajstić information content (AvgIpc) is 3.44. The van der Waals surface area contributed by atoms with E-state index in [-0.39, 0.29) is 23.0 Å². The van der Waals surface area contributed by atoms with Gasteiger partial charge in [0, 0.05) is 67.6 Å². The van der Waals surface area contributed by atoms with E-state index < -0.39 is 11.8 Å². The van der Waals surface area contributed by atoms with Crippen molar-refractivity contribution in [2.45, 2.75) is 6.92 Å². The number of hydrogen-bond acceptors (Lipinski definition) is 8. The van der Waals surface area contributed by atoms with Crippen molar-refractivity contribution in [3.63, 3.8) is 0 Å². The van der Waals surface area contributed by atoms with Crippen molar-refractivity contribution in [3.05, 3.63) is 72.9 Å². The number of fused-ring (bicyclic) bond motifs is 1. The third-order valence-electron chi connectivity index (χ3n) is 6.80. The number of ether oxygens (including phenoxy) is 1. The number of nitrogens with one attached hydrogen (secondary N) is 3. The molecule has 1 fully saturated rings. The van der Waals surface area contributed by atoms with E-state index in [4.69, 9.17) is 14.7 Å². The van der Waals surface area contributed by atoms with E-state index in [2.05, 4.69) is 30.9 Å². The van der Waals surface area contributed by atoms with Crippen LogP contribution in [0.1, 0.15) is 6.92 Å². The summed E-state index contributed by atoms with van der Waals surface area (Å²) in [5, 5.41) is 12.2. The summed E-state index contributed by atoms with van der Waals surface area (Å²) in [4.78, 5) is 40.0. The van der Waals surface area contributed by atoms with Crippen molar-refractivity contribution in [1.29, 1.82) is 0 Å². The van der Waals surface area contributed by atoms with Gasteiger partial charge in [-0.25, -0.2) is 19.2 Å². The van der Waals surface area contributed by atoms with Gasteiger partial charge in [0.25, 0.3) is 0 Å². The van der Waals surface area contributed by atoms with Gasteiger partial charge in [-0.05, 0) is 48.5 Å². The summed E-state index contributed by atoms with van der Waals surface area (Å²) in [6.45, 7) is 3.74. The van der Waals surface area contributed by atoms with E-state index >= 15 is 4.39 Å². The first-order valence-electron chi connectivity index (χ1n) is 13.6. The maximum Gasteiger partial charge on any atom is 0.323 e. The summed E-state index contributed by atoms with van der Waals surface area (Å²) >= 11 is 0. The smallest absolute Gasteiger partial charge is 0.323 e. The Morgan fingerprint density at radius 2 is 1.58 bits per heavy atom. The largest absolute Gasteiger partial charge is 0.378 e. The van der Waals surface area contributed by atoms with E-state index in [0.29, 0.717) is 54.5 Å². The molecule has 0 spiro atoms. The molecule has 0 atom stereocenters. The summed E-state index contributed by atoms with van der Waals surface area (Å²) in [6, 6.07) is 12.3. The van der Waals surface area contributed by atoms with Gasteiger partial charge >= 0.3 is 6.03 Å². The predicted molar refractivity (Wildman–Crippen MR) is 161 cm³/mol. The molecule has 3 amide bonds. The lowest BCUT2D eigenvalue weighted by Crippen LogP contribution is -2.37. The minimum Gasteiger partial charge on any atom is -0.378 e. The maximum absolute atomic E-state index is 15.5. The number of nitrogens with zero attached hydrogens (tertiary/aromatic N) is 6. The van der Waals surface area contributed by atoms with Crippen LogP contribution in [0.15, 0.2) is 67.1 Å². The van der Waals surface area contributed by atoms with Gasteiger partial charge in [0.05, 0.1) is 30.5 Å². The Balaban J connectivity index is 1.27. The topological polar surface area (TPSA) is 139 Å². The highest BCUT2D eigenvalue weighted by Gasteiger charge is 2.21. The van der Waals surface area contributed by atoms with Crippen LogP contribution in [-0.4, -0.2) is 63.0 Å². The van der Waals surface area contributed by atoms with Gasteiger partial charge in [-0.3, -0.25) is 14.5 Å². The van der Waals surface area contributed by atoms with E-state index in [0.717, 1.165) is 11.1 Å². The van der Waals surface area contributed by atoms with Crippen molar-refractivity contribution < 1.29 is 18.7 Å². The highest BCUT2D eigenvalue weighted by molar-refractivity contribution is 6.00.